The molecule has 1 aromatic rings. The summed E-state index contributed by atoms with van der Waals surface area (Å²) in [5.41, 5.74) is 5.58. The van der Waals surface area contributed by atoms with Crippen molar-refractivity contribution < 1.29 is 18.6 Å². The Hall–Kier alpha value is -1.51. The van der Waals surface area contributed by atoms with Crippen LogP contribution < -0.4 is 5.32 Å². The van der Waals surface area contributed by atoms with Crippen molar-refractivity contribution in [2.24, 2.45) is 51.2 Å². The highest BCUT2D eigenvalue weighted by atomic mass is 32.2. The second-order valence-electron chi connectivity index (χ2n) is 19.6. The highest BCUT2D eigenvalue weighted by Crippen LogP contribution is 2.76. The molecule has 0 radical (unpaired) electrons. The van der Waals surface area contributed by atoms with Crippen molar-refractivity contribution in [3.05, 3.63) is 53.6 Å². The van der Waals surface area contributed by atoms with Crippen molar-refractivity contribution in [2.45, 2.75) is 129 Å². The summed E-state index contributed by atoms with van der Waals surface area (Å²) in [5.74, 6) is 3.53. The van der Waals surface area contributed by atoms with Gasteiger partial charge in [-0.25, -0.2) is 8.42 Å². The number of likely N-dealkylation sites (tertiary alicyclic amines) is 1. The number of benzene rings is 1. The van der Waals surface area contributed by atoms with E-state index in [0.29, 0.717) is 40.9 Å². The second-order valence-corrected chi connectivity index (χ2v) is 22.0. The van der Waals surface area contributed by atoms with Gasteiger partial charge in [-0.15, -0.1) is 0 Å². The molecule has 0 amide bonds. The first-order chi connectivity index (χ1) is 23.5. The van der Waals surface area contributed by atoms with E-state index in [0.717, 1.165) is 32.5 Å². The molecule has 8 rings (SSSR count). The third kappa shape index (κ3) is 4.94. The summed E-state index contributed by atoms with van der Waals surface area (Å²) < 4.78 is 24.8. The summed E-state index contributed by atoms with van der Waals surface area (Å²) in [6.07, 6.45) is 13.3. The minimum absolute atomic E-state index is 0.0343. The molecule has 0 spiro atoms. The van der Waals surface area contributed by atoms with Crippen molar-refractivity contribution in [3.63, 3.8) is 0 Å². The van der Waals surface area contributed by atoms with E-state index >= 15 is 0 Å². The molecule has 50 heavy (non-hydrogen) atoms. The summed E-state index contributed by atoms with van der Waals surface area (Å²) in [5, 5.41) is 23.5. The number of nitrogens with zero attached hydrogens (tertiary/aromatic N) is 1. The number of rotatable bonds is 7. The van der Waals surface area contributed by atoms with Crippen LogP contribution >= 0.6 is 0 Å². The lowest BCUT2D eigenvalue weighted by Gasteiger charge is -2.72. The van der Waals surface area contributed by atoms with Gasteiger partial charge >= 0.3 is 0 Å². The van der Waals surface area contributed by atoms with Gasteiger partial charge in [-0.3, -0.25) is 4.90 Å². The average Bonchev–Trinajstić information content (AvgIpc) is 3.72. The van der Waals surface area contributed by atoms with Gasteiger partial charge in [0.05, 0.1) is 11.0 Å². The summed E-state index contributed by atoms with van der Waals surface area (Å²) in [6.45, 7) is 22.6. The first-order valence-electron chi connectivity index (χ1n) is 20.0. The van der Waals surface area contributed by atoms with Crippen LogP contribution in [0.15, 0.2) is 42.5 Å². The van der Waals surface area contributed by atoms with Gasteiger partial charge in [0.25, 0.3) is 0 Å². The molecule has 2 heterocycles. The van der Waals surface area contributed by atoms with Gasteiger partial charge in [0.2, 0.25) is 0 Å². The predicted octanol–water partition coefficient (Wildman–Crippen LogP) is 7.53. The maximum absolute atomic E-state index is 12.4. The van der Waals surface area contributed by atoms with Crippen LogP contribution in [0.3, 0.4) is 0 Å². The number of hydrogen-bond donors (Lipinski definition) is 3. The molecule has 7 heteroatoms. The van der Waals surface area contributed by atoms with Crippen molar-refractivity contribution in [1.29, 1.82) is 0 Å². The molecule has 11 atom stereocenters. The molecule has 276 valence electrons. The van der Waals surface area contributed by atoms with Crippen LogP contribution in [0.25, 0.3) is 5.57 Å². The Morgan fingerprint density at radius 3 is 2.34 bits per heavy atom. The van der Waals surface area contributed by atoms with E-state index in [2.05, 4.69) is 76.5 Å². The van der Waals surface area contributed by atoms with Gasteiger partial charge in [0.15, 0.2) is 16.1 Å². The van der Waals surface area contributed by atoms with Gasteiger partial charge in [0, 0.05) is 36.8 Å². The van der Waals surface area contributed by atoms with Crippen LogP contribution in [-0.2, 0) is 9.84 Å². The lowest BCUT2D eigenvalue weighted by Crippen LogP contribution is -2.68. The van der Waals surface area contributed by atoms with Crippen LogP contribution in [0.4, 0.5) is 0 Å². The average molecular weight is 705 g/mol. The topological polar surface area (TPSA) is 89.9 Å². The van der Waals surface area contributed by atoms with Crippen molar-refractivity contribution in [2.75, 3.05) is 25.4 Å². The van der Waals surface area contributed by atoms with E-state index in [1.807, 2.05) is 12.1 Å². The Balaban J connectivity index is 1.05. The number of hydrogen-bond acceptors (Lipinski definition) is 6. The Labute approximate surface area is 302 Å². The molecule has 7 aliphatic rings. The van der Waals surface area contributed by atoms with Gasteiger partial charge in [0.1, 0.15) is 0 Å². The molecule has 3 N–H and O–H groups in total. The molecule has 2 aliphatic heterocycles. The fourth-order valence-corrected chi connectivity index (χ4v) is 17.0. The Kier molecular flexibility index (Phi) is 8.34. The maximum Gasteiger partial charge on any atom is 0.178 e. The van der Waals surface area contributed by atoms with Crippen LogP contribution in [0.2, 0.25) is 0 Å². The minimum atomic E-state index is -2.86. The summed E-state index contributed by atoms with van der Waals surface area (Å²) >= 11 is 0. The van der Waals surface area contributed by atoms with Crippen LogP contribution in [0.5, 0.6) is 0 Å². The van der Waals surface area contributed by atoms with Gasteiger partial charge in [-0.05, 0) is 134 Å². The zero-order chi connectivity index (χ0) is 35.6. The number of nitrogens with one attached hydrogen (secondary N) is 1. The van der Waals surface area contributed by atoms with Crippen molar-refractivity contribution in [1.82, 2.24) is 10.2 Å². The number of aliphatic hydroxyl groups excluding tert-OH is 1. The summed E-state index contributed by atoms with van der Waals surface area (Å²) in [4.78, 5) is 2.47. The Morgan fingerprint density at radius 2 is 1.70 bits per heavy atom. The highest BCUT2D eigenvalue weighted by Gasteiger charge is 2.70. The lowest BCUT2D eigenvalue weighted by atomic mass is 9.33. The normalized spacial score (nSPS) is 45.8. The maximum atomic E-state index is 12.4. The molecule has 2 bridgehead atoms. The van der Waals surface area contributed by atoms with E-state index in [9.17, 15) is 18.6 Å². The monoisotopic (exact) mass is 704 g/mol. The quantitative estimate of drug-likeness (QED) is 0.201. The molecule has 0 unspecified atom stereocenters. The molecule has 4 saturated carbocycles. The minimum Gasteiger partial charge on any atom is -0.364 e. The molecular weight excluding hydrogens is 641 g/mol. The van der Waals surface area contributed by atoms with Crippen LogP contribution in [0.1, 0.15) is 123 Å². The smallest absolute Gasteiger partial charge is 0.178 e. The van der Waals surface area contributed by atoms with Gasteiger partial charge in [-0.1, -0.05) is 77.1 Å². The summed E-state index contributed by atoms with van der Waals surface area (Å²) in [7, 11) is -2.86. The Bertz CT molecular complexity index is 1670. The Morgan fingerprint density at radius 1 is 0.960 bits per heavy atom. The lowest BCUT2D eigenvalue weighted by molar-refractivity contribution is -0.219. The van der Waals surface area contributed by atoms with Crippen LogP contribution in [0, 0.1) is 51.2 Å². The SMILES string of the molecule is C=C(C)[C@@H]1CC[C@]2(NCCN3C[C@H]4C[C@@H]3CS4(=O)=O)CC[C@]3(C)[C@H](CC[C@@H]4[C@@]5(C)CC=C(c6ccc(C(O)O)cc6)C(C)(C)[C@@H]5CC[C@]43C)[C@@H]12. The molecule has 2 saturated heterocycles. The molecular formula is C43H64N2O4S. The predicted molar refractivity (Wildman–Crippen MR) is 202 cm³/mol. The fraction of sp³-hybridized carbons (Fsp3) is 0.767. The van der Waals surface area contributed by atoms with Gasteiger partial charge < -0.3 is 15.5 Å². The molecule has 6 nitrogen and oxygen atoms in total. The van der Waals surface area contributed by atoms with E-state index in [4.69, 9.17) is 0 Å². The summed E-state index contributed by atoms with van der Waals surface area (Å²) in [6, 6.07) is 8.14. The van der Waals surface area contributed by atoms with Crippen molar-refractivity contribution in [3.8, 4) is 0 Å². The molecule has 5 aliphatic carbocycles. The number of aliphatic hydroxyl groups is 2. The number of fused-ring (bicyclic) bond motifs is 9. The third-order valence-corrected chi connectivity index (χ3v) is 19.7. The standard InChI is InChI=1S/C43H64N2O4S/c1-27(2)32-14-19-43(44-22-23-45-25-31-24-30(45)26-50(31,48)49)21-20-41(6)34(37(32)43)12-13-36-40(5)17-15-33(28-8-10-29(11-9-28)38(46)47)39(3,4)35(40)16-18-42(36,41)7/h8-11,15,30-32,34-38,44,46-47H,1,12-14,16-26H2,2-7H3/t30-,31-,32+,34-,35+,36-,37-,40+,41-,42-,43+/m1/s1. The van der Waals surface area contributed by atoms with E-state index in [-0.39, 0.29) is 38.5 Å². The second kappa shape index (κ2) is 11.7. The largest absolute Gasteiger partial charge is 0.364 e. The van der Waals surface area contributed by atoms with E-state index in [1.54, 1.807) is 0 Å². The van der Waals surface area contributed by atoms with E-state index < -0.39 is 16.1 Å². The molecule has 0 aromatic heterocycles. The molecule has 6 fully saturated rings. The van der Waals surface area contributed by atoms with Crippen LogP contribution in [-0.4, -0.2) is 65.7 Å². The zero-order valence-corrected chi connectivity index (χ0v) is 32.5. The van der Waals surface area contributed by atoms with E-state index in [1.165, 1.54) is 68.1 Å². The third-order valence-electron chi connectivity index (χ3n) is 17.5. The fourth-order valence-electron chi connectivity index (χ4n) is 14.9. The first kappa shape index (κ1) is 35.5. The highest BCUT2D eigenvalue weighted by molar-refractivity contribution is 7.92. The number of sulfone groups is 1. The van der Waals surface area contributed by atoms with Gasteiger partial charge in [-0.2, -0.15) is 0 Å². The zero-order valence-electron chi connectivity index (χ0n) is 31.7. The molecule has 1 aromatic carbocycles. The number of allylic oxidation sites excluding steroid dienone is 3. The van der Waals surface area contributed by atoms with Crippen molar-refractivity contribution >= 4 is 15.4 Å². The first-order valence-corrected chi connectivity index (χ1v) is 21.7.